The molecule has 0 heterocycles. The second-order valence-corrected chi connectivity index (χ2v) is 3.81. The van der Waals surface area contributed by atoms with Crippen LogP contribution in [0.1, 0.15) is 31.9 Å². The van der Waals surface area contributed by atoms with Gasteiger partial charge >= 0.3 is 0 Å². The highest BCUT2D eigenvalue weighted by molar-refractivity contribution is 5.30. The van der Waals surface area contributed by atoms with Crippen molar-refractivity contribution in [1.82, 2.24) is 5.32 Å². The Morgan fingerprint density at radius 3 is 2.94 bits per heavy atom. The number of allylic oxidation sites excluding steroid dienone is 1. The molecule has 88 valence electrons. The Bertz CT molecular complexity index is 333. The van der Waals surface area contributed by atoms with Crippen LogP contribution in [0, 0.1) is 0 Å². The van der Waals surface area contributed by atoms with E-state index in [2.05, 4.69) is 36.5 Å². The highest BCUT2D eigenvalue weighted by atomic mass is 16.5. The standard InChI is InChI=1S/C14H21NO/c1-4-5-6-10-15-12(2)13-8-7-9-14(11-13)16-3/h4-5,7-9,11-12,15H,6,10H2,1-3H3/b5-4+. The van der Waals surface area contributed by atoms with Gasteiger partial charge in [0.2, 0.25) is 0 Å². The molecule has 1 rings (SSSR count). The zero-order valence-corrected chi connectivity index (χ0v) is 10.4. The van der Waals surface area contributed by atoms with Crippen LogP contribution in [0.3, 0.4) is 0 Å². The van der Waals surface area contributed by atoms with E-state index in [1.54, 1.807) is 7.11 Å². The molecular formula is C14H21NO. The summed E-state index contributed by atoms with van der Waals surface area (Å²) in [5.41, 5.74) is 1.26. The van der Waals surface area contributed by atoms with Crippen LogP contribution in [0.2, 0.25) is 0 Å². The summed E-state index contributed by atoms with van der Waals surface area (Å²) < 4.78 is 5.21. The lowest BCUT2D eigenvalue weighted by Gasteiger charge is -2.14. The van der Waals surface area contributed by atoms with Gasteiger partial charge in [-0.2, -0.15) is 0 Å². The van der Waals surface area contributed by atoms with Crippen molar-refractivity contribution in [3.8, 4) is 5.75 Å². The van der Waals surface area contributed by atoms with Crippen LogP contribution in [-0.2, 0) is 0 Å². The number of rotatable bonds is 6. The molecule has 1 unspecified atom stereocenters. The van der Waals surface area contributed by atoms with Crippen molar-refractivity contribution in [2.45, 2.75) is 26.3 Å². The first-order valence-corrected chi connectivity index (χ1v) is 5.76. The molecule has 0 aliphatic rings. The third kappa shape index (κ3) is 4.07. The first-order chi connectivity index (χ1) is 7.77. The van der Waals surface area contributed by atoms with Crippen LogP contribution in [0.25, 0.3) is 0 Å². The Hall–Kier alpha value is -1.28. The fraction of sp³-hybridized carbons (Fsp3) is 0.429. The zero-order valence-electron chi connectivity index (χ0n) is 10.4. The summed E-state index contributed by atoms with van der Waals surface area (Å²) in [6, 6.07) is 8.55. The molecule has 1 aromatic rings. The van der Waals surface area contributed by atoms with Crippen molar-refractivity contribution >= 4 is 0 Å². The number of benzene rings is 1. The summed E-state index contributed by atoms with van der Waals surface area (Å²) in [6.45, 7) is 5.22. The molecule has 0 bridgehead atoms. The quantitative estimate of drug-likeness (QED) is 0.585. The lowest BCUT2D eigenvalue weighted by atomic mass is 10.1. The van der Waals surface area contributed by atoms with Crippen LogP contribution < -0.4 is 10.1 Å². The van der Waals surface area contributed by atoms with Crippen LogP contribution in [0.4, 0.5) is 0 Å². The average molecular weight is 219 g/mol. The number of hydrogen-bond donors (Lipinski definition) is 1. The van der Waals surface area contributed by atoms with Gasteiger partial charge in [-0.1, -0.05) is 24.3 Å². The van der Waals surface area contributed by atoms with Gasteiger partial charge in [0.1, 0.15) is 5.75 Å². The molecule has 0 spiro atoms. The summed E-state index contributed by atoms with van der Waals surface area (Å²) in [6.07, 6.45) is 5.33. The van der Waals surface area contributed by atoms with E-state index in [0.29, 0.717) is 6.04 Å². The molecule has 0 radical (unpaired) electrons. The minimum absolute atomic E-state index is 0.361. The lowest BCUT2D eigenvalue weighted by Crippen LogP contribution is -2.19. The predicted molar refractivity (Wildman–Crippen MR) is 68.8 cm³/mol. The van der Waals surface area contributed by atoms with Gasteiger partial charge in [0.15, 0.2) is 0 Å². The van der Waals surface area contributed by atoms with Crippen molar-refractivity contribution in [2.75, 3.05) is 13.7 Å². The minimum Gasteiger partial charge on any atom is -0.497 e. The Morgan fingerprint density at radius 1 is 1.44 bits per heavy atom. The van der Waals surface area contributed by atoms with E-state index < -0.39 is 0 Å². The van der Waals surface area contributed by atoms with E-state index in [-0.39, 0.29) is 0 Å². The Morgan fingerprint density at radius 2 is 2.25 bits per heavy atom. The smallest absolute Gasteiger partial charge is 0.119 e. The number of nitrogens with one attached hydrogen (secondary N) is 1. The van der Waals surface area contributed by atoms with Crippen molar-refractivity contribution in [1.29, 1.82) is 0 Å². The fourth-order valence-corrected chi connectivity index (χ4v) is 1.58. The van der Waals surface area contributed by atoms with Gasteiger partial charge < -0.3 is 10.1 Å². The van der Waals surface area contributed by atoms with Crippen molar-refractivity contribution in [3.05, 3.63) is 42.0 Å². The van der Waals surface area contributed by atoms with E-state index in [1.807, 2.05) is 19.1 Å². The summed E-state index contributed by atoms with van der Waals surface area (Å²) in [7, 11) is 1.70. The van der Waals surface area contributed by atoms with Gasteiger partial charge in [-0.25, -0.2) is 0 Å². The molecule has 0 aromatic heterocycles. The predicted octanol–water partition coefficient (Wildman–Crippen LogP) is 3.31. The first kappa shape index (κ1) is 12.8. The molecule has 1 aromatic carbocycles. The molecule has 0 saturated heterocycles. The molecule has 2 heteroatoms. The maximum atomic E-state index is 5.21. The SMILES string of the molecule is C/C=C/CCNC(C)c1cccc(OC)c1. The molecule has 0 aliphatic heterocycles. The van der Waals surface area contributed by atoms with Crippen LogP contribution >= 0.6 is 0 Å². The molecule has 0 aliphatic carbocycles. The summed E-state index contributed by atoms with van der Waals surface area (Å²) in [5, 5.41) is 3.48. The average Bonchev–Trinajstić information content (AvgIpc) is 2.34. The lowest BCUT2D eigenvalue weighted by molar-refractivity contribution is 0.413. The molecule has 2 nitrogen and oxygen atoms in total. The van der Waals surface area contributed by atoms with Gasteiger partial charge in [-0.05, 0) is 44.5 Å². The Labute approximate surface area is 98.3 Å². The first-order valence-electron chi connectivity index (χ1n) is 5.76. The van der Waals surface area contributed by atoms with Crippen molar-refractivity contribution in [3.63, 3.8) is 0 Å². The topological polar surface area (TPSA) is 21.3 Å². The van der Waals surface area contributed by atoms with Crippen LogP contribution in [0.5, 0.6) is 5.75 Å². The maximum absolute atomic E-state index is 5.21. The second kappa shape index (κ2) is 7.07. The molecule has 0 fully saturated rings. The number of methoxy groups -OCH3 is 1. The minimum atomic E-state index is 0.361. The molecule has 1 N–H and O–H groups in total. The molecule has 0 amide bonds. The van der Waals surface area contributed by atoms with Gasteiger partial charge in [0.25, 0.3) is 0 Å². The highest BCUT2D eigenvalue weighted by Gasteiger charge is 2.04. The maximum Gasteiger partial charge on any atom is 0.119 e. The van der Waals surface area contributed by atoms with E-state index in [1.165, 1.54) is 5.56 Å². The highest BCUT2D eigenvalue weighted by Crippen LogP contribution is 2.18. The van der Waals surface area contributed by atoms with Crippen LogP contribution in [0.15, 0.2) is 36.4 Å². The van der Waals surface area contributed by atoms with E-state index in [0.717, 1.165) is 18.7 Å². The summed E-state index contributed by atoms with van der Waals surface area (Å²) in [5.74, 6) is 0.916. The second-order valence-electron chi connectivity index (χ2n) is 3.81. The molecule has 1 atom stereocenters. The van der Waals surface area contributed by atoms with E-state index in [9.17, 15) is 0 Å². The third-order valence-corrected chi connectivity index (χ3v) is 2.59. The van der Waals surface area contributed by atoms with Gasteiger partial charge in [0, 0.05) is 6.04 Å². The number of hydrogen-bond acceptors (Lipinski definition) is 2. The zero-order chi connectivity index (χ0) is 11.8. The molecule has 0 saturated carbocycles. The monoisotopic (exact) mass is 219 g/mol. The Balaban J connectivity index is 2.48. The van der Waals surface area contributed by atoms with E-state index >= 15 is 0 Å². The van der Waals surface area contributed by atoms with E-state index in [4.69, 9.17) is 4.74 Å². The van der Waals surface area contributed by atoms with Crippen molar-refractivity contribution in [2.24, 2.45) is 0 Å². The van der Waals surface area contributed by atoms with Crippen molar-refractivity contribution < 1.29 is 4.74 Å². The fourth-order valence-electron chi connectivity index (χ4n) is 1.58. The van der Waals surface area contributed by atoms with Crippen LogP contribution in [-0.4, -0.2) is 13.7 Å². The third-order valence-electron chi connectivity index (χ3n) is 2.59. The molecule has 16 heavy (non-hydrogen) atoms. The largest absolute Gasteiger partial charge is 0.497 e. The summed E-state index contributed by atoms with van der Waals surface area (Å²) >= 11 is 0. The van der Waals surface area contributed by atoms with Gasteiger partial charge in [-0.15, -0.1) is 0 Å². The summed E-state index contributed by atoms with van der Waals surface area (Å²) in [4.78, 5) is 0. The molecular weight excluding hydrogens is 198 g/mol. The van der Waals surface area contributed by atoms with Gasteiger partial charge in [-0.3, -0.25) is 0 Å². The normalized spacial score (nSPS) is 12.9. The Kier molecular flexibility index (Phi) is 5.65. The number of ether oxygens (including phenoxy) is 1. The van der Waals surface area contributed by atoms with Gasteiger partial charge in [0.05, 0.1) is 7.11 Å².